The van der Waals surface area contributed by atoms with Crippen LogP contribution in [-0.2, 0) is 35.3 Å². The molecule has 2 aliphatic carbocycles. The second-order valence-electron chi connectivity index (χ2n) is 9.24. The molecule has 1 amide bonds. The van der Waals surface area contributed by atoms with Crippen LogP contribution in [0.4, 0.5) is 5.13 Å². The SMILES string of the molecule is O=C(O)C1CCCc2sc(NC(=O)C(OC3CCOCC3)c3ccc(S(=O)(=O)C4CC4)cc3)nc21. The third-order valence-corrected chi connectivity index (χ3v) is 10.0. The molecule has 11 heteroatoms. The van der Waals surface area contributed by atoms with Crippen molar-refractivity contribution in [1.82, 2.24) is 4.98 Å². The summed E-state index contributed by atoms with van der Waals surface area (Å²) in [6.07, 6.45) is 3.59. The van der Waals surface area contributed by atoms with Crippen molar-refractivity contribution < 1.29 is 32.6 Å². The molecule has 0 bridgehead atoms. The smallest absolute Gasteiger partial charge is 0.312 e. The maximum absolute atomic E-state index is 13.4. The minimum atomic E-state index is -3.33. The van der Waals surface area contributed by atoms with Crippen molar-refractivity contribution in [3.8, 4) is 0 Å². The Bertz CT molecular complexity index is 1200. The molecule has 1 saturated carbocycles. The number of aliphatic carboxylic acids is 1. The van der Waals surface area contributed by atoms with E-state index in [1.807, 2.05) is 0 Å². The summed E-state index contributed by atoms with van der Waals surface area (Å²) >= 11 is 1.30. The summed E-state index contributed by atoms with van der Waals surface area (Å²) in [6.45, 7) is 1.10. The second-order valence-corrected chi connectivity index (χ2v) is 12.6. The first-order valence-corrected chi connectivity index (χ1v) is 14.3. The van der Waals surface area contributed by atoms with E-state index in [4.69, 9.17) is 9.47 Å². The fraction of sp³-hybridized carbons (Fsp3) is 0.542. The van der Waals surface area contributed by atoms with Crippen LogP contribution in [0.5, 0.6) is 0 Å². The molecular weight excluding hydrogens is 492 g/mol. The van der Waals surface area contributed by atoms with Gasteiger partial charge in [-0.25, -0.2) is 13.4 Å². The number of amides is 1. The molecule has 0 radical (unpaired) electrons. The van der Waals surface area contributed by atoms with Crippen molar-refractivity contribution in [2.45, 2.75) is 73.2 Å². The zero-order chi connectivity index (χ0) is 24.6. The Hall–Kier alpha value is -2.34. The predicted octanol–water partition coefficient (Wildman–Crippen LogP) is 3.46. The largest absolute Gasteiger partial charge is 0.481 e. The minimum Gasteiger partial charge on any atom is -0.481 e. The summed E-state index contributed by atoms with van der Waals surface area (Å²) in [6, 6.07) is 6.34. The van der Waals surface area contributed by atoms with Gasteiger partial charge < -0.3 is 14.6 Å². The Morgan fingerprint density at radius 2 is 1.83 bits per heavy atom. The van der Waals surface area contributed by atoms with Gasteiger partial charge in [0.25, 0.3) is 5.91 Å². The van der Waals surface area contributed by atoms with Crippen molar-refractivity contribution in [1.29, 1.82) is 0 Å². The number of anilines is 1. The number of hydrogen-bond acceptors (Lipinski definition) is 8. The Labute approximate surface area is 207 Å². The highest BCUT2D eigenvalue weighted by Gasteiger charge is 2.37. The molecule has 1 aromatic carbocycles. The number of rotatable bonds is 8. The molecule has 2 heterocycles. The maximum atomic E-state index is 13.4. The minimum absolute atomic E-state index is 0.171. The number of carbonyl (C=O) groups is 2. The molecule has 3 aliphatic rings. The average Bonchev–Trinajstić information content (AvgIpc) is 3.64. The Morgan fingerprint density at radius 3 is 2.49 bits per heavy atom. The lowest BCUT2D eigenvalue weighted by Crippen LogP contribution is -2.31. The summed E-state index contributed by atoms with van der Waals surface area (Å²) in [5.41, 5.74) is 1.08. The van der Waals surface area contributed by atoms with Gasteiger partial charge in [0.05, 0.1) is 21.9 Å². The fourth-order valence-corrected chi connectivity index (χ4v) is 7.31. The molecule has 2 atom stereocenters. The van der Waals surface area contributed by atoms with Gasteiger partial charge in [-0.3, -0.25) is 14.9 Å². The first-order chi connectivity index (χ1) is 16.8. The van der Waals surface area contributed by atoms with E-state index in [9.17, 15) is 23.1 Å². The van der Waals surface area contributed by atoms with Crippen molar-refractivity contribution >= 4 is 38.2 Å². The van der Waals surface area contributed by atoms with E-state index in [0.717, 1.165) is 17.7 Å². The number of ether oxygens (including phenoxy) is 2. The normalized spacial score (nSPS) is 21.8. The number of carboxylic acids is 1. The molecule has 2 N–H and O–H groups in total. The second kappa shape index (κ2) is 9.96. The molecule has 188 valence electrons. The number of benzene rings is 1. The maximum Gasteiger partial charge on any atom is 0.312 e. The molecule has 0 spiro atoms. The number of aromatic nitrogens is 1. The Kier molecular flexibility index (Phi) is 6.93. The topological polar surface area (TPSA) is 132 Å². The molecule has 5 rings (SSSR count). The zero-order valence-corrected chi connectivity index (χ0v) is 20.8. The van der Waals surface area contributed by atoms with Gasteiger partial charge in [-0.1, -0.05) is 12.1 Å². The van der Waals surface area contributed by atoms with Crippen LogP contribution in [-0.4, -0.2) is 55.0 Å². The summed E-state index contributed by atoms with van der Waals surface area (Å²) < 4.78 is 36.7. The Balaban J connectivity index is 1.38. The van der Waals surface area contributed by atoms with Crippen molar-refractivity contribution in [2.75, 3.05) is 18.5 Å². The van der Waals surface area contributed by atoms with Crippen LogP contribution in [0.3, 0.4) is 0 Å². The molecule has 1 aromatic heterocycles. The highest BCUT2D eigenvalue weighted by Crippen LogP contribution is 2.38. The van der Waals surface area contributed by atoms with Gasteiger partial charge in [0.15, 0.2) is 21.1 Å². The number of nitrogens with zero attached hydrogens (tertiary/aromatic N) is 1. The number of aryl methyl sites for hydroxylation is 1. The van der Waals surface area contributed by atoms with Crippen LogP contribution in [0, 0.1) is 0 Å². The average molecular weight is 521 g/mol. The molecule has 9 nitrogen and oxygen atoms in total. The summed E-state index contributed by atoms with van der Waals surface area (Å²) in [4.78, 5) is 30.6. The summed E-state index contributed by atoms with van der Waals surface area (Å²) in [7, 11) is -3.33. The van der Waals surface area contributed by atoms with Crippen LogP contribution in [0.15, 0.2) is 29.2 Å². The van der Waals surface area contributed by atoms with Crippen LogP contribution in [0.2, 0.25) is 0 Å². The number of carboxylic acid groups (broad SMARTS) is 1. The summed E-state index contributed by atoms with van der Waals surface area (Å²) in [5, 5.41) is 12.4. The third kappa shape index (κ3) is 5.28. The Morgan fingerprint density at radius 1 is 1.11 bits per heavy atom. The van der Waals surface area contributed by atoms with Gasteiger partial charge in [-0.2, -0.15) is 0 Å². The van der Waals surface area contributed by atoms with Gasteiger partial charge in [-0.15, -0.1) is 11.3 Å². The molecule has 2 unspecified atom stereocenters. The van der Waals surface area contributed by atoms with Gasteiger partial charge in [0, 0.05) is 18.1 Å². The predicted molar refractivity (Wildman–Crippen MR) is 128 cm³/mol. The van der Waals surface area contributed by atoms with Crippen LogP contribution >= 0.6 is 11.3 Å². The zero-order valence-electron chi connectivity index (χ0n) is 19.1. The lowest BCUT2D eigenvalue weighted by atomic mass is 9.91. The third-order valence-electron chi connectivity index (χ3n) is 6.69. The number of nitrogens with one attached hydrogen (secondary N) is 1. The monoisotopic (exact) mass is 520 g/mol. The fourth-order valence-electron chi connectivity index (χ4n) is 4.58. The highest BCUT2D eigenvalue weighted by atomic mass is 32.2. The van der Waals surface area contributed by atoms with E-state index in [1.165, 1.54) is 23.5 Å². The molecule has 2 fully saturated rings. The van der Waals surface area contributed by atoms with Gasteiger partial charge in [-0.05, 0) is 62.6 Å². The van der Waals surface area contributed by atoms with Crippen molar-refractivity contribution in [3.05, 3.63) is 40.4 Å². The number of fused-ring (bicyclic) bond motifs is 1. The number of sulfone groups is 1. The van der Waals surface area contributed by atoms with E-state index in [-0.39, 0.29) is 16.2 Å². The van der Waals surface area contributed by atoms with Gasteiger partial charge in [0.2, 0.25) is 0 Å². The standard InChI is InChI=1S/C24H28N2O7S2/c27-22(26-24-25-20-18(23(28)29)2-1-3-19(20)34-24)21(33-15-10-12-32-13-11-15)14-4-6-16(7-5-14)35(30,31)17-8-9-17/h4-7,15,17-18,21H,1-3,8-13H2,(H,28,29)(H,25,26,27). The van der Waals surface area contributed by atoms with Crippen LogP contribution < -0.4 is 5.32 Å². The molecule has 1 saturated heterocycles. The first kappa shape index (κ1) is 24.4. The molecule has 1 aliphatic heterocycles. The molecule has 35 heavy (non-hydrogen) atoms. The van der Waals surface area contributed by atoms with Crippen molar-refractivity contribution in [2.24, 2.45) is 0 Å². The number of hydrogen-bond donors (Lipinski definition) is 2. The van der Waals surface area contributed by atoms with Crippen LogP contribution in [0.25, 0.3) is 0 Å². The van der Waals surface area contributed by atoms with E-state index < -0.39 is 33.7 Å². The molecule has 2 aromatic rings. The molecular formula is C24H28N2O7S2. The quantitative estimate of drug-likeness (QED) is 0.541. The van der Waals surface area contributed by atoms with E-state index in [1.54, 1.807) is 12.1 Å². The number of thiazole rings is 1. The van der Waals surface area contributed by atoms with Gasteiger partial charge in [0.1, 0.15) is 5.92 Å². The lowest BCUT2D eigenvalue weighted by molar-refractivity contribution is -0.139. The highest BCUT2D eigenvalue weighted by molar-refractivity contribution is 7.92. The lowest BCUT2D eigenvalue weighted by Gasteiger charge is -2.27. The van der Waals surface area contributed by atoms with Crippen LogP contribution in [0.1, 0.15) is 66.7 Å². The van der Waals surface area contributed by atoms with Gasteiger partial charge >= 0.3 is 5.97 Å². The van der Waals surface area contributed by atoms with E-state index in [0.29, 0.717) is 61.7 Å². The van der Waals surface area contributed by atoms with E-state index >= 15 is 0 Å². The number of carbonyl (C=O) groups excluding carboxylic acids is 1. The first-order valence-electron chi connectivity index (χ1n) is 11.9. The van der Waals surface area contributed by atoms with E-state index in [2.05, 4.69) is 10.3 Å². The van der Waals surface area contributed by atoms with Crippen molar-refractivity contribution in [3.63, 3.8) is 0 Å². The summed E-state index contributed by atoms with van der Waals surface area (Å²) in [5.74, 6) is -1.99.